The molecule has 1 aliphatic rings. The number of pyridine rings is 2. The Labute approximate surface area is 249 Å². The van der Waals surface area contributed by atoms with E-state index in [0.29, 0.717) is 36.6 Å². The van der Waals surface area contributed by atoms with Crippen LogP contribution in [0.25, 0.3) is 33.8 Å². The van der Waals surface area contributed by atoms with Gasteiger partial charge in [-0.25, -0.2) is 19.6 Å². The Morgan fingerprint density at radius 3 is 2.53 bits per heavy atom. The van der Waals surface area contributed by atoms with Crippen LogP contribution >= 0.6 is 0 Å². The molecule has 9 nitrogen and oxygen atoms in total. The van der Waals surface area contributed by atoms with Gasteiger partial charge in [-0.1, -0.05) is 37.3 Å². The van der Waals surface area contributed by atoms with Gasteiger partial charge in [-0.3, -0.25) is 9.97 Å². The summed E-state index contributed by atoms with van der Waals surface area (Å²) in [6, 6.07) is 19.1. The number of hydrogen-bond acceptors (Lipinski definition) is 6. The van der Waals surface area contributed by atoms with Crippen LogP contribution in [0.5, 0.6) is 0 Å². The number of carboxylic acids is 1. The van der Waals surface area contributed by atoms with Crippen molar-refractivity contribution in [3.63, 3.8) is 0 Å². The lowest BCUT2D eigenvalue weighted by atomic mass is 9.96. The lowest BCUT2D eigenvalue weighted by Gasteiger charge is -2.30. The van der Waals surface area contributed by atoms with Gasteiger partial charge in [0.1, 0.15) is 0 Å². The van der Waals surface area contributed by atoms with Crippen molar-refractivity contribution in [2.24, 2.45) is 0 Å². The highest BCUT2D eigenvalue weighted by molar-refractivity contribution is 5.92. The first-order valence-corrected chi connectivity index (χ1v) is 14.1. The van der Waals surface area contributed by atoms with Crippen LogP contribution in [0.3, 0.4) is 0 Å². The van der Waals surface area contributed by atoms with E-state index < -0.39 is 5.97 Å². The van der Waals surface area contributed by atoms with Gasteiger partial charge in [0.15, 0.2) is 5.82 Å². The molecule has 3 aromatic heterocycles. The van der Waals surface area contributed by atoms with E-state index in [1.54, 1.807) is 29.6 Å². The molecule has 5 aromatic rings. The molecule has 0 unspecified atom stereocenters. The Kier molecular flexibility index (Phi) is 7.61. The molecule has 43 heavy (non-hydrogen) atoms. The number of amides is 2. The summed E-state index contributed by atoms with van der Waals surface area (Å²) in [5.41, 5.74) is 8.82. The maximum absolute atomic E-state index is 13.6. The Morgan fingerprint density at radius 1 is 0.930 bits per heavy atom. The molecule has 2 aromatic carbocycles. The van der Waals surface area contributed by atoms with Crippen LogP contribution < -0.4 is 5.32 Å². The third-order valence-electron chi connectivity index (χ3n) is 7.64. The highest BCUT2D eigenvalue weighted by Gasteiger charge is 2.27. The molecule has 0 radical (unpaired) electrons. The normalized spacial score (nSPS) is 12.5. The Bertz CT molecular complexity index is 1840. The van der Waals surface area contributed by atoms with Gasteiger partial charge in [-0.2, -0.15) is 0 Å². The molecule has 0 atom stereocenters. The molecule has 0 saturated carbocycles. The van der Waals surface area contributed by atoms with E-state index in [1.807, 2.05) is 49.4 Å². The number of aromatic nitrogens is 4. The van der Waals surface area contributed by atoms with Gasteiger partial charge >= 0.3 is 12.0 Å². The molecule has 9 heteroatoms. The predicted molar refractivity (Wildman–Crippen MR) is 165 cm³/mol. The number of carboxylic acid groups (broad SMARTS) is 1. The highest BCUT2D eigenvalue weighted by atomic mass is 16.4. The van der Waals surface area contributed by atoms with Gasteiger partial charge in [0.2, 0.25) is 0 Å². The minimum atomic E-state index is -1.04. The van der Waals surface area contributed by atoms with Crippen LogP contribution in [0.2, 0.25) is 0 Å². The van der Waals surface area contributed by atoms with Crippen molar-refractivity contribution < 1.29 is 14.7 Å². The number of aryl methyl sites for hydroxylation is 2. The van der Waals surface area contributed by atoms with Gasteiger partial charge in [-0.05, 0) is 60.4 Å². The average Bonchev–Trinajstić information content (AvgIpc) is 3.04. The number of aromatic carboxylic acids is 1. The molecule has 0 saturated heterocycles. The van der Waals surface area contributed by atoms with Crippen LogP contribution in [0.4, 0.5) is 10.5 Å². The van der Waals surface area contributed by atoms with Crippen LogP contribution in [0, 0.1) is 6.92 Å². The second-order valence-electron chi connectivity index (χ2n) is 10.5. The predicted octanol–water partition coefficient (Wildman–Crippen LogP) is 6.43. The van der Waals surface area contributed by atoms with E-state index in [9.17, 15) is 14.7 Å². The molecular weight excluding hydrogens is 540 g/mol. The van der Waals surface area contributed by atoms with Crippen LogP contribution in [-0.4, -0.2) is 48.5 Å². The molecule has 0 fully saturated rings. The number of anilines is 1. The third kappa shape index (κ3) is 5.83. The summed E-state index contributed by atoms with van der Waals surface area (Å²) in [6.45, 7) is 4.95. The standard InChI is InChI=1S/C34H30N6O3/c1-3-22-13-24(25-15-26(33(41)42)19-36-18-25)16-27(14-22)37-34(43)40-12-10-30-29(20-40)31(28-9-5-4-7-21(28)2)39-32(38-30)23-8-6-11-35-17-23/h4-9,11,13-19H,3,10,12,20H2,1-2H3,(H,37,43)(H,41,42). The fourth-order valence-electron chi connectivity index (χ4n) is 5.33. The van der Waals surface area contributed by atoms with Gasteiger partial charge in [-0.15, -0.1) is 0 Å². The lowest BCUT2D eigenvalue weighted by molar-refractivity contribution is 0.0696. The van der Waals surface area contributed by atoms with Gasteiger partial charge in [0, 0.05) is 65.7 Å². The zero-order valence-corrected chi connectivity index (χ0v) is 23.9. The Hall–Kier alpha value is -5.44. The second kappa shape index (κ2) is 11.8. The molecule has 214 valence electrons. The minimum absolute atomic E-state index is 0.107. The highest BCUT2D eigenvalue weighted by Crippen LogP contribution is 2.33. The summed E-state index contributed by atoms with van der Waals surface area (Å²) in [5, 5.41) is 12.5. The number of benzene rings is 2. The molecule has 2 N–H and O–H groups in total. The van der Waals surface area contributed by atoms with E-state index in [4.69, 9.17) is 9.97 Å². The van der Waals surface area contributed by atoms with E-state index in [1.165, 1.54) is 6.20 Å². The van der Waals surface area contributed by atoms with Crippen molar-refractivity contribution >= 4 is 17.7 Å². The van der Waals surface area contributed by atoms with Crippen molar-refractivity contribution in [3.8, 4) is 33.8 Å². The maximum Gasteiger partial charge on any atom is 0.337 e. The van der Waals surface area contributed by atoms with E-state index in [0.717, 1.165) is 51.2 Å². The molecular formula is C34H30N6O3. The molecule has 1 aliphatic heterocycles. The Morgan fingerprint density at radius 2 is 1.77 bits per heavy atom. The number of nitrogens with zero attached hydrogens (tertiary/aromatic N) is 5. The van der Waals surface area contributed by atoms with Crippen LogP contribution in [-0.2, 0) is 19.4 Å². The minimum Gasteiger partial charge on any atom is -0.478 e. The first-order chi connectivity index (χ1) is 20.9. The van der Waals surface area contributed by atoms with Crippen LogP contribution in [0.15, 0.2) is 85.5 Å². The van der Waals surface area contributed by atoms with Crippen molar-refractivity contribution in [1.82, 2.24) is 24.8 Å². The maximum atomic E-state index is 13.6. The Balaban J connectivity index is 1.31. The summed E-state index contributed by atoms with van der Waals surface area (Å²) in [6.07, 6.45) is 7.77. The zero-order valence-electron chi connectivity index (χ0n) is 23.9. The first-order valence-electron chi connectivity index (χ1n) is 14.1. The zero-order chi connectivity index (χ0) is 29.9. The summed E-state index contributed by atoms with van der Waals surface area (Å²) in [7, 11) is 0. The number of rotatable bonds is 6. The van der Waals surface area contributed by atoms with Crippen molar-refractivity contribution in [2.45, 2.75) is 33.2 Å². The monoisotopic (exact) mass is 570 g/mol. The van der Waals surface area contributed by atoms with Gasteiger partial charge in [0.25, 0.3) is 0 Å². The summed E-state index contributed by atoms with van der Waals surface area (Å²) in [5.74, 6) is -0.421. The molecule has 0 spiro atoms. The van der Waals surface area contributed by atoms with Gasteiger partial charge in [0.05, 0.1) is 23.5 Å². The SMILES string of the molecule is CCc1cc(NC(=O)N2CCc3nc(-c4cccnc4)nc(-c4ccccc4C)c3C2)cc(-c2cncc(C(=O)O)c2)c1. The third-order valence-corrected chi connectivity index (χ3v) is 7.64. The number of fused-ring (bicyclic) bond motifs is 1. The van der Waals surface area contributed by atoms with Crippen molar-refractivity contribution in [1.29, 1.82) is 0 Å². The summed E-state index contributed by atoms with van der Waals surface area (Å²) < 4.78 is 0. The topological polar surface area (TPSA) is 121 Å². The van der Waals surface area contributed by atoms with Crippen molar-refractivity contribution in [3.05, 3.63) is 113 Å². The average molecular weight is 571 g/mol. The fraction of sp³-hybridized carbons (Fsp3) is 0.176. The smallest absolute Gasteiger partial charge is 0.337 e. The van der Waals surface area contributed by atoms with E-state index in [-0.39, 0.29) is 11.6 Å². The summed E-state index contributed by atoms with van der Waals surface area (Å²) in [4.78, 5) is 45.2. The summed E-state index contributed by atoms with van der Waals surface area (Å²) >= 11 is 0. The number of carbonyl (C=O) groups is 2. The number of urea groups is 1. The van der Waals surface area contributed by atoms with Gasteiger partial charge < -0.3 is 15.3 Å². The molecule has 2 amide bonds. The van der Waals surface area contributed by atoms with E-state index >= 15 is 0 Å². The second-order valence-corrected chi connectivity index (χ2v) is 10.5. The molecule has 0 bridgehead atoms. The lowest BCUT2D eigenvalue weighted by Crippen LogP contribution is -2.39. The van der Waals surface area contributed by atoms with E-state index in [2.05, 4.69) is 34.3 Å². The molecule has 0 aliphatic carbocycles. The largest absolute Gasteiger partial charge is 0.478 e. The number of nitrogens with one attached hydrogen (secondary N) is 1. The number of carbonyl (C=O) groups excluding carboxylic acids is 1. The molecule has 4 heterocycles. The van der Waals surface area contributed by atoms with Crippen molar-refractivity contribution in [2.75, 3.05) is 11.9 Å². The quantitative estimate of drug-likeness (QED) is 0.241. The first kappa shape index (κ1) is 27.7. The fourth-order valence-corrected chi connectivity index (χ4v) is 5.33. The van der Waals surface area contributed by atoms with Crippen LogP contribution in [0.1, 0.15) is 39.7 Å². The number of hydrogen-bond donors (Lipinski definition) is 2. The molecule has 6 rings (SSSR count).